The SMILES string of the molecule is CCC(c1ccc(OC)cc1)C(N1CCC(Nc2nc3c(Cc4cccnc4)cccc3[nH]2)CC1)N(C)C(=O)c1ccccc1. The highest BCUT2D eigenvalue weighted by molar-refractivity contribution is 5.94. The van der Waals surface area contributed by atoms with E-state index in [1.54, 1.807) is 13.3 Å². The molecule has 2 aromatic heterocycles. The number of hydrogen-bond acceptors (Lipinski definition) is 6. The Morgan fingerprint density at radius 3 is 2.49 bits per heavy atom. The minimum absolute atomic E-state index is 0.0390. The van der Waals surface area contributed by atoms with Crippen LogP contribution in [-0.2, 0) is 6.42 Å². The summed E-state index contributed by atoms with van der Waals surface area (Å²) in [6.45, 7) is 3.95. The minimum Gasteiger partial charge on any atom is -0.497 e. The summed E-state index contributed by atoms with van der Waals surface area (Å²) in [5.74, 6) is 1.82. The molecule has 0 aliphatic carbocycles. The second kappa shape index (κ2) is 13.9. The van der Waals surface area contributed by atoms with Crippen LogP contribution in [0.1, 0.15) is 59.2 Å². The van der Waals surface area contributed by atoms with Gasteiger partial charge in [-0.2, -0.15) is 0 Å². The summed E-state index contributed by atoms with van der Waals surface area (Å²) in [5.41, 5.74) is 6.29. The van der Waals surface area contributed by atoms with Gasteiger partial charge >= 0.3 is 0 Å². The van der Waals surface area contributed by atoms with Crippen molar-refractivity contribution in [3.05, 3.63) is 120 Å². The molecule has 2 N–H and O–H groups in total. The van der Waals surface area contributed by atoms with Crippen LogP contribution in [0.2, 0.25) is 0 Å². The summed E-state index contributed by atoms with van der Waals surface area (Å²) in [6, 6.07) is 28.5. The molecule has 0 saturated carbocycles. The Morgan fingerprint density at radius 1 is 1.02 bits per heavy atom. The van der Waals surface area contributed by atoms with Gasteiger partial charge in [-0.3, -0.25) is 14.7 Å². The second-order valence-corrected chi connectivity index (χ2v) is 11.9. The van der Waals surface area contributed by atoms with Crippen molar-refractivity contribution in [2.75, 3.05) is 32.6 Å². The van der Waals surface area contributed by atoms with Gasteiger partial charge in [0.2, 0.25) is 5.95 Å². The summed E-state index contributed by atoms with van der Waals surface area (Å²) in [6.07, 6.45) is 7.21. The van der Waals surface area contributed by atoms with E-state index >= 15 is 0 Å². The lowest BCUT2D eigenvalue weighted by Crippen LogP contribution is -2.55. The summed E-state index contributed by atoms with van der Waals surface area (Å²) in [7, 11) is 3.64. The van der Waals surface area contributed by atoms with Crippen LogP contribution in [0.4, 0.5) is 5.95 Å². The predicted octanol–water partition coefficient (Wildman–Crippen LogP) is 6.73. The van der Waals surface area contributed by atoms with Crippen LogP contribution in [-0.4, -0.2) is 70.1 Å². The van der Waals surface area contributed by atoms with Crippen LogP contribution in [0, 0.1) is 0 Å². The number of likely N-dealkylation sites (tertiary alicyclic amines) is 1. The van der Waals surface area contributed by atoms with Gasteiger partial charge in [-0.05, 0) is 72.4 Å². The zero-order chi connectivity index (χ0) is 31.2. The number of rotatable bonds is 11. The quantitative estimate of drug-likeness (QED) is 0.174. The number of fused-ring (bicyclic) bond motifs is 1. The van der Waals surface area contributed by atoms with E-state index in [1.165, 1.54) is 16.7 Å². The fourth-order valence-electron chi connectivity index (χ4n) is 6.67. The number of nitrogens with one attached hydrogen (secondary N) is 2. The Kier molecular flexibility index (Phi) is 9.41. The topological polar surface area (TPSA) is 86.4 Å². The summed E-state index contributed by atoms with van der Waals surface area (Å²) < 4.78 is 5.42. The molecule has 45 heavy (non-hydrogen) atoms. The van der Waals surface area contributed by atoms with Crippen LogP contribution >= 0.6 is 0 Å². The molecule has 8 heteroatoms. The number of ether oxygens (including phenoxy) is 1. The van der Waals surface area contributed by atoms with Gasteiger partial charge in [-0.15, -0.1) is 0 Å². The summed E-state index contributed by atoms with van der Waals surface area (Å²) in [5, 5.41) is 3.69. The van der Waals surface area contributed by atoms with Crippen molar-refractivity contribution in [2.24, 2.45) is 0 Å². The first-order chi connectivity index (χ1) is 22.0. The monoisotopic (exact) mass is 602 g/mol. The average molecular weight is 603 g/mol. The molecule has 5 aromatic rings. The van der Waals surface area contributed by atoms with Crippen molar-refractivity contribution in [3.8, 4) is 5.75 Å². The van der Waals surface area contributed by atoms with Crippen molar-refractivity contribution < 1.29 is 9.53 Å². The zero-order valence-corrected chi connectivity index (χ0v) is 26.3. The number of benzene rings is 3. The lowest BCUT2D eigenvalue weighted by Gasteiger charge is -2.45. The normalized spacial score (nSPS) is 15.4. The van der Waals surface area contributed by atoms with E-state index in [-0.39, 0.29) is 24.0 Å². The first kappa shape index (κ1) is 30.3. The fraction of sp³-hybridized carbons (Fsp3) is 0.324. The molecule has 1 aliphatic heterocycles. The van der Waals surface area contributed by atoms with Gasteiger partial charge in [0.05, 0.1) is 24.3 Å². The number of pyridine rings is 1. The third-order valence-electron chi connectivity index (χ3n) is 9.04. The number of H-pyrrole nitrogens is 1. The molecule has 6 rings (SSSR count). The van der Waals surface area contributed by atoms with Crippen molar-refractivity contribution in [1.82, 2.24) is 24.8 Å². The van der Waals surface area contributed by atoms with E-state index in [2.05, 4.69) is 63.5 Å². The maximum absolute atomic E-state index is 13.8. The smallest absolute Gasteiger partial charge is 0.254 e. The molecule has 0 spiro atoms. The number of carbonyl (C=O) groups excluding carboxylic acids is 1. The largest absolute Gasteiger partial charge is 0.497 e. The lowest BCUT2D eigenvalue weighted by molar-refractivity contribution is 0.0201. The first-order valence-electron chi connectivity index (χ1n) is 15.9. The highest BCUT2D eigenvalue weighted by Gasteiger charge is 2.36. The van der Waals surface area contributed by atoms with E-state index in [1.807, 2.05) is 66.7 Å². The van der Waals surface area contributed by atoms with Gasteiger partial charge in [0.1, 0.15) is 5.75 Å². The zero-order valence-electron chi connectivity index (χ0n) is 26.3. The number of para-hydroxylation sites is 1. The number of anilines is 1. The van der Waals surface area contributed by atoms with E-state index in [9.17, 15) is 4.79 Å². The van der Waals surface area contributed by atoms with Crippen LogP contribution in [0.15, 0.2) is 97.3 Å². The molecular formula is C37H42N6O2. The van der Waals surface area contributed by atoms with Gasteiger partial charge in [0.15, 0.2) is 0 Å². The number of imidazole rings is 1. The molecule has 2 atom stereocenters. The molecule has 0 bridgehead atoms. The van der Waals surface area contributed by atoms with Crippen molar-refractivity contribution in [3.63, 3.8) is 0 Å². The summed E-state index contributed by atoms with van der Waals surface area (Å²) >= 11 is 0. The fourth-order valence-corrected chi connectivity index (χ4v) is 6.67. The third kappa shape index (κ3) is 6.86. The Hall–Kier alpha value is -4.69. The van der Waals surface area contributed by atoms with Crippen LogP contribution in [0.3, 0.4) is 0 Å². The molecular weight excluding hydrogens is 560 g/mol. The summed E-state index contributed by atoms with van der Waals surface area (Å²) in [4.78, 5) is 30.9. The standard InChI is InChI=1S/C37H42N6O2/c1-4-32(27-15-17-31(45-3)18-16-27)35(42(2)36(44)28-11-6-5-7-12-28)43-22-19-30(20-23-43)39-37-40-33-14-8-13-29(34(33)41-37)24-26-10-9-21-38-25-26/h5-18,21,25,30,32,35H,4,19-20,22-24H2,1-3H3,(H2,39,40,41). The molecule has 1 fully saturated rings. The Labute approximate surface area is 265 Å². The molecule has 2 unspecified atom stereocenters. The molecule has 1 amide bonds. The number of amides is 1. The van der Waals surface area contributed by atoms with Crippen molar-refractivity contribution in [1.29, 1.82) is 0 Å². The lowest BCUT2D eigenvalue weighted by atomic mass is 9.90. The van der Waals surface area contributed by atoms with Gasteiger partial charge < -0.3 is 19.9 Å². The first-order valence-corrected chi connectivity index (χ1v) is 15.9. The molecule has 0 radical (unpaired) electrons. The van der Waals surface area contributed by atoms with E-state index in [4.69, 9.17) is 9.72 Å². The number of aromatic nitrogens is 3. The number of hydrogen-bond donors (Lipinski definition) is 2. The average Bonchev–Trinajstić information content (AvgIpc) is 3.51. The maximum Gasteiger partial charge on any atom is 0.254 e. The molecule has 232 valence electrons. The number of nitrogens with zero attached hydrogens (tertiary/aromatic N) is 4. The predicted molar refractivity (Wildman–Crippen MR) is 180 cm³/mol. The highest BCUT2D eigenvalue weighted by atomic mass is 16.5. The van der Waals surface area contributed by atoms with E-state index in [0.29, 0.717) is 5.56 Å². The number of carbonyl (C=O) groups is 1. The Morgan fingerprint density at radius 2 is 1.80 bits per heavy atom. The number of piperidine rings is 1. The van der Waals surface area contributed by atoms with Gasteiger partial charge in [-0.1, -0.05) is 55.5 Å². The molecule has 8 nitrogen and oxygen atoms in total. The number of likely N-dealkylation sites (N-methyl/N-ethyl adjacent to an activating group) is 1. The van der Waals surface area contributed by atoms with Crippen LogP contribution in [0.5, 0.6) is 5.75 Å². The molecule has 1 aliphatic rings. The van der Waals surface area contributed by atoms with E-state index in [0.717, 1.165) is 61.5 Å². The Balaban J connectivity index is 1.18. The van der Waals surface area contributed by atoms with Crippen molar-refractivity contribution in [2.45, 2.75) is 50.7 Å². The number of aromatic amines is 1. The van der Waals surface area contributed by atoms with Crippen molar-refractivity contribution >= 4 is 22.9 Å². The highest BCUT2D eigenvalue weighted by Crippen LogP contribution is 2.33. The van der Waals surface area contributed by atoms with E-state index < -0.39 is 0 Å². The minimum atomic E-state index is -0.0849. The van der Waals surface area contributed by atoms with Gasteiger partial charge in [0, 0.05) is 56.5 Å². The second-order valence-electron chi connectivity index (χ2n) is 11.9. The molecule has 1 saturated heterocycles. The Bertz CT molecular complexity index is 1680. The maximum atomic E-state index is 13.8. The molecule has 3 aromatic carbocycles. The molecule has 3 heterocycles. The third-order valence-corrected chi connectivity index (χ3v) is 9.04. The van der Waals surface area contributed by atoms with Gasteiger partial charge in [0.25, 0.3) is 5.91 Å². The van der Waals surface area contributed by atoms with Crippen LogP contribution < -0.4 is 10.1 Å². The van der Waals surface area contributed by atoms with Crippen LogP contribution in [0.25, 0.3) is 11.0 Å². The van der Waals surface area contributed by atoms with Gasteiger partial charge in [-0.25, -0.2) is 4.98 Å². The number of methoxy groups -OCH3 is 1.